The molecule has 0 saturated carbocycles. The molecule has 1 unspecified atom stereocenters. The van der Waals surface area contributed by atoms with E-state index in [-0.39, 0.29) is 21.1 Å². The van der Waals surface area contributed by atoms with Crippen molar-refractivity contribution in [3.63, 3.8) is 0 Å². The predicted octanol–water partition coefficient (Wildman–Crippen LogP) is 2.54. The monoisotopic (exact) mass is 370 g/mol. The fraction of sp³-hybridized carbons (Fsp3) is 0.455. The normalized spacial score (nSPS) is 13.8. The first-order valence-corrected chi connectivity index (χ1v) is 9.06. The van der Waals surface area contributed by atoms with Crippen LogP contribution in [0.3, 0.4) is 0 Å². The minimum atomic E-state index is -3.70. The fourth-order valence-electron chi connectivity index (χ4n) is 1.48. The molecule has 0 aliphatic rings. The minimum Gasteiger partial charge on any atom is -0.396 e. The van der Waals surface area contributed by atoms with Gasteiger partial charge < -0.3 is 5.73 Å². The maximum atomic E-state index is 13.3. The molecule has 1 aromatic carbocycles. The number of thioether (sulfide) groups is 1. The standard InChI is InChI=1S/C11H16BrFN2O2S2/c1-7(6-18-3)15(2)19(16,17)11-5-10(14)9(13)4-8(11)12/h4-5,7H,6,14H2,1-3H3. The number of halogens is 2. The van der Waals surface area contributed by atoms with E-state index >= 15 is 0 Å². The Morgan fingerprint density at radius 1 is 1.53 bits per heavy atom. The zero-order valence-corrected chi connectivity index (χ0v) is 14.1. The molecule has 0 amide bonds. The summed E-state index contributed by atoms with van der Waals surface area (Å²) in [6, 6.07) is 2.03. The van der Waals surface area contributed by atoms with Gasteiger partial charge in [-0.1, -0.05) is 0 Å². The molecule has 1 atom stereocenters. The van der Waals surface area contributed by atoms with Crippen LogP contribution in [0.4, 0.5) is 10.1 Å². The van der Waals surface area contributed by atoms with Crippen molar-refractivity contribution in [1.29, 1.82) is 0 Å². The smallest absolute Gasteiger partial charge is 0.244 e. The van der Waals surface area contributed by atoms with Gasteiger partial charge >= 0.3 is 0 Å². The van der Waals surface area contributed by atoms with Crippen LogP contribution in [0.1, 0.15) is 6.92 Å². The van der Waals surface area contributed by atoms with Gasteiger partial charge in [-0.2, -0.15) is 16.1 Å². The third-order valence-electron chi connectivity index (χ3n) is 2.74. The van der Waals surface area contributed by atoms with Crippen molar-refractivity contribution in [3.05, 3.63) is 22.4 Å². The Kier molecular flexibility index (Phi) is 5.66. The van der Waals surface area contributed by atoms with E-state index < -0.39 is 15.8 Å². The van der Waals surface area contributed by atoms with Crippen molar-refractivity contribution >= 4 is 43.4 Å². The molecule has 2 N–H and O–H groups in total. The molecule has 0 aromatic heterocycles. The van der Waals surface area contributed by atoms with Crippen LogP contribution in [-0.2, 0) is 10.0 Å². The number of nitrogens with two attached hydrogens (primary N) is 1. The number of sulfonamides is 1. The lowest BCUT2D eigenvalue weighted by molar-refractivity contribution is 0.414. The molecule has 108 valence electrons. The Labute approximate surface area is 125 Å². The Morgan fingerprint density at radius 2 is 2.11 bits per heavy atom. The van der Waals surface area contributed by atoms with Gasteiger partial charge in [0.15, 0.2) is 0 Å². The lowest BCUT2D eigenvalue weighted by Gasteiger charge is -2.24. The molecule has 0 bridgehead atoms. The van der Waals surface area contributed by atoms with Crippen molar-refractivity contribution in [2.45, 2.75) is 17.9 Å². The third kappa shape index (κ3) is 3.62. The van der Waals surface area contributed by atoms with Crippen molar-refractivity contribution in [2.24, 2.45) is 0 Å². The van der Waals surface area contributed by atoms with Crippen LogP contribution in [-0.4, -0.2) is 37.8 Å². The number of nitrogens with zero attached hydrogens (tertiary/aromatic N) is 1. The van der Waals surface area contributed by atoms with Crippen LogP contribution >= 0.6 is 27.7 Å². The predicted molar refractivity (Wildman–Crippen MR) is 81.3 cm³/mol. The molecule has 0 aliphatic carbocycles. The first-order valence-electron chi connectivity index (χ1n) is 5.43. The highest BCUT2D eigenvalue weighted by Crippen LogP contribution is 2.29. The zero-order chi connectivity index (χ0) is 14.8. The Morgan fingerprint density at radius 3 is 2.63 bits per heavy atom. The summed E-state index contributed by atoms with van der Waals surface area (Å²) in [7, 11) is -2.20. The minimum absolute atomic E-state index is 0.0261. The quantitative estimate of drug-likeness (QED) is 0.808. The van der Waals surface area contributed by atoms with Crippen molar-refractivity contribution in [1.82, 2.24) is 4.31 Å². The van der Waals surface area contributed by atoms with Gasteiger partial charge in [0.05, 0.1) is 10.6 Å². The Balaban J connectivity index is 3.24. The van der Waals surface area contributed by atoms with E-state index in [1.807, 2.05) is 13.2 Å². The van der Waals surface area contributed by atoms with Crippen molar-refractivity contribution < 1.29 is 12.8 Å². The average Bonchev–Trinajstić information content (AvgIpc) is 2.32. The van der Waals surface area contributed by atoms with Gasteiger partial charge in [0.2, 0.25) is 10.0 Å². The van der Waals surface area contributed by atoms with E-state index in [0.29, 0.717) is 5.75 Å². The summed E-state index contributed by atoms with van der Waals surface area (Å²) in [4.78, 5) is -0.0261. The molecule has 1 aromatic rings. The number of benzene rings is 1. The van der Waals surface area contributed by atoms with Gasteiger partial charge in [-0.05, 0) is 41.2 Å². The van der Waals surface area contributed by atoms with E-state index in [0.717, 1.165) is 12.1 Å². The summed E-state index contributed by atoms with van der Waals surface area (Å²) >= 11 is 4.62. The molecular weight excluding hydrogens is 355 g/mol. The van der Waals surface area contributed by atoms with Crippen LogP contribution in [0, 0.1) is 5.82 Å². The molecule has 0 aliphatic heterocycles. The van der Waals surface area contributed by atoms with Crippen LogP contribution in [0.2, 0.25) is 0 Å². The third-order valence-corrected chi connectivity index (χ3v) is 6.48. The van der Waals surface area contributed by atoms with Gasteiger partial charge in [0, 0.05) is 23.3 Å². The first-order chi connectivity index (χ1) is 8.71. The molecule has 8 heteroatoms. The van der Waals surface area contributed by atoms with Gasteiger partial charge in [-0.15, -0.1) is 0 Å². The molecule has 0 heterocycles. The second kappa shape index (κ2) is 6.43. The lowest BCUT2D eigenvalue weighted by Crippen LogP contribution is -2.36. The number of nitrogen functional groups attached to an aromatic ring is 1. The Bertz CT molecular complexity index is 566. The second-order valence-electron chi connectivity index (χ2n) is 4.13. The van der Waals surface area contributed by atoms with E-state index in [4.69, 9.17) is 5.73 Å². The fourth-order valence-corrected chi connectivity index (χ4v) is 4.65. The van der Waals surface area contributed by atoms with Gasteiger partial charge in [0.25, 0.3) is 0 Å². The van der Waals surface area contributed by atoms with Gasteiger partial charge in [-0.25, -0.2) is 12.8 Å². The van der Waals surface area contributed by atoms with Crippen LogP contribution < -0.4 is 5.73 Å². The van der Waals surface area contributed by atoms with Crippen LogP contribution in [0.5, 0.6) is 0 Å². The van der Waals surface area contributed by atoms with E-state index in [9.17, 15) is 12.8 Å². The lowest BCUT2D eigenvalue weighted by atomic mass is 10.3. The summed E-state index contributed by atoms with van der Waals surface area (Å²) in [5, 5.41) is 0. The Hall–Kier alpha value is -0.310. The molecule has 0 spiro atoms. The van der Waals surface area contributed by atoms with Crippen molar-refractivity contribution in [3.8, 4) is 0 Å². The highest BCUT2D eigenvalue weighted by molar-refractivity contribution is 9.10. The van der Waals surface area contributed by atoms with E-state index in [1.165, 1.54) is 11.4 Å². The zero-order valence-electron chi connectivity index (χ0n) is 10.9. The summed E-state index contributed by atoms with van der Waals surface area (Å²) in [6.45, 7) is 1.81. The number of hydrogen-bond acceptors (Lipinski definition) is 4. The van der Waals surface area contributed by atoms with Crippen LogP contribution in [0.15, 0.2) is 21.5 Å². The van der Waals surface area contributed by atoms with Crippen LogP contribution in [0.25, 0.3) is 0 Å². The molecule has 19 heavy (non-hydrogen) atoms. The van der Waals surface area contributed by atoms with Gasteiger partial charge in [-0.3, -0.25) is 0 Å². The highest BCUT2D eigenvalue weighted by Gasteiger charge is 2.28. The topological polar surface area (TPSA) is 63.4 Å². The molecule has 0 fully saturated rings. The average molecular weight is 371 g/mol. The van der Waals surface area contributed by atoms with Gasteiger partial charge in [0.1, 0.15) is 5.82 Å². The largest absolute Gasteiger partial charge is 0.396 e. The van der Waals surface area contributed by atoms with E-state index in [2.05, 4.69) is 15.9 Å². The molecule has 1 rings (SSSR count). The number of hydrogen-bond donors (Lipinski definition) is 1. The van der Waals surface area contributed by atoms with Crippen molar-refractivity contribution in [2.75, 3.05) is 24.8 Å². The summed E-state index contributed by atoms with van der Waals surface area (Å²) in [6.07, 6.45) is 1.91. The maximum absolute atomic E-state index is 13.3. The van der Waals surface area contributed by atoms with E-state index in [1.54, 1.807) is 11.8 Å². The molecular formula is C11H16BrFN2O2S2. The number of rotatable bonds is 5. The number of anilines is 1. The first kappa shape index (κ1) is 16.7. The summed E-state index contributed by atoms with van der Waals surface area (Å²) in [5.74, 6) is 0.0231. The second-order valence-corrected chi connectivity index (χ2v) is 7.86. The summed E-state index contributed by atoms with van der Waals surface area (Å²) < 4.78 is 39.6. The molecule has 0 saturated heterocycles. The maximum Gasteiger partial charge on any atom is 0.244 e. The molecule has 4 nitrogen and oxygen atoms in total. The highest BCUT2D eigenvalue weighted by atomic mass is 79.9. The molecule has 0 radical (unpaired) electrons. The summed E-state index contributed by atoms with van der Waals surface area (Å²) in [5.41, 5.74) is 5.25. The SMILES string of the molecule is CSCC(C)N(C)S(=O)(=O)c1cc(N)c(F)cc1Br.